The Balaban J connectivity index is 2.36. The van der Waals surface area contributed by atoms with E-state index in [4.69, 9.17) is 4.74 Å². The van der Waals surface area contributed by atoms with Gasteiger partial charge in [0.1, 0.15) is 0 Å². The zero-order valence-electron chi connectivity index (χ0n) is 11.9. The van der Waals surface area contributed by atoms with Crippen LogP contribution in [0.3, 0.4) is 0 Å². The Kier molecular flexibility index (Phi) is 3.99. The lowest BCUT2D eigenvalue weighted by Gasteiger charge is -2.34. The van der Waals surface area contributed by atoms with Gasteiger partial charge >= 0.3 is 0 Å². The standard InChI is InChI=1S/C14H21NO3S/c1-10-5-6-14(11(2)7-10)19(16,17)15-8-12(3)18-13(4)9-15/h5-7,12-13H,8-9H2,1-4H3/t12-,13+. The molecule has 1 heterocycles. The van der Waals surface area contributed by atoms with Crippen molar-refractivity contribution in [1.82, 2.24) is 4.31 Å². The average molecular weight is 283 g/mol. The third kappa shape index (κ3) is 2.99. The number of ether oxygens (including phenoxy) is 1. The summed E-state index contributed by atoms with van der Waals surface area (Å²) in [5.41, 5.74) is 1.87. The topological polar surface area (TPSA) is 46.6 Å². The number of aryl methyl sites for hydroxylation is 2. The van der Waals surface area contributed by atoms with Crippen molar-refractivity contribution < 1.29 is 13.2 Å². The molecule has 1 aromatic rings. The normalized spacial score (nSPS) is 25.5. The Bertz CT molecular complexity index is 558. The first-order valence-electron chi connectivity index (χ1n) is 6.53. The molecule has 2 atom stereocenters. The Labute approximate surface area is 115 Å². The number of hydrogen-bond donors (Lipinski definition) is 0. The van der Waals surface area contributed by atoms with E-state index in [-0.39, 0.29) is 12.2 Å². The van der Waals surface area contributed by atoms with Crippen LogP contribution in [0.25, 0.3) is 0 Å². The molecule has 0 bridgehead atoms. The van der Waals surface area contributed by atoms with E-state index >= 15 is 0 Å². The summed E-state index contributed by atoms with van der Waals surface area (Å²) in [4.78, 5) is 0.402. The van der Waals surface area contributed by atoms with E-state index in [1.807, 2.05) is 39.8 Å². The largest absolute Gasteiger partial charge is 0.373 e. The molecule has 0 saturated carbocycles. The highest BCUT2D eigenvalue weighted by molar-refractivity contribution is 7.89. The van der Waals surface area contributed by atoms with Gasteiger partial charge in [-0.1, -0.05) is 17.7 Å². The second kappa shape index (κ2) is 5.23. The van der Waals surface area contributed by atoms with Crippen LogP contribution < -0.4 is 0 Å². The lowest BCUT2D eigenvalue weighted by atomic mass is 10.2. The maximum atomic E-state index is 12.7. The maximum Gasteiger partial charge on any atom is 0.243 e. The molecule has 4 nitrogen and oxygen atoms in total. The highest BCUT2D eigenvalue weighted by Gasteiger charge is 2.32. The Morgan fingerprint density at radius 1 is 1.16 bits per heavy atom. The first kappa shape index (κ1) is 14.5. The molecule has 1 saturated heterocycles. The molecule has 0 spiro atoms. The van der Waals surface area contributed by atoms with Gasteiger partial charge in [0.25, 0.3) is 0 Å². The van der Waals surface area contributed by atoms with Crippen LogP contribution in [0.1, 0.15) is 25.0 Å². The third-order valence-electron chi connectivity index (χ3n) is 3.33. The van der Waals surface area contributed by atoms with Crippen LogP contribution in [-0.4, -0.2) is 38.0 Å². The molecule has 0 aliphatic carbocycles. The summed E-state index contributed by atoms with van der Waals surface area (Å²) >= 11 is 0. The van der Waals surface area contributed by atoms with Crippen molar-refractivity contribution in [1.29, 1.82) is 0 Å². The molecule has 106 valence electrons. The molecule has 5 heteroatoms. The highest BCUT2D eigenvalue weighted by Crippen LogP contribution is 2.24. The van der Waals surface area contributed by atoms with Crippen molar-refractivity contribution in [3.05, 3.63) is 29.3 Å². The second-order valence-electron chi connectivity index (χ2n) is 5.35. The monoisotopic (exact) mass is 283 g/mol. The first-order valence-corrected chi connectivity index (χ1v) is 7.97. The van der Waals surface area contributed by atoms with Crippen molar-refractivity contribution in [3.63, 3.8) is 0 Å². The molecule has 0 N–H and O–H groups in total. The molecular weight excluding hydrogens is 262 g/mol. The lowest BCUT2D eigenvalue weighted by Crippen LogP contribution is -2.48. The fourth-order valence-corrected chi connectivity index (χ4v) is 4.35. The van der Waals surface area contributed by atoms with E-state index in [1.54, 1.807) is 6.07 Å². The van der Waals surface area contributed by atoms with Crippen molar-refractivity contribution in [2.45, 2.75) is 44.8 Å². The fourth-order valence-electron chi connectivity index (χ4n) is 2.55. The Hall–Kier alpha value is -0.910. The molecule has 0 aromatic heterocycles. The van der Waals surface area contributed by atoms with Gasteiger partial charge in [0.2, 0.25) is 10.0 Å². The molecule has 0 unspecified atom stereocenters. The smallest absolute Gasteiger partial charge is 0.243 e. The van der Waals surface area contributed by atoms with E-state index in [0.717, 1.165) is 11.1 Å². The summed E-state index contributed by atoms with van der Waals surface area (Å²) in [5.74, 6) is 0. The molecule has 0 radical (unpaired) electrons. The third-order valence-corrected chi connectivity index (χ3v) is 5.33. The van der Waals surface area contributed by atoms with Crippen molar-refractivity contribution in [2.75, 3.05) is 13.1 Å². The van der Waals surface area contributed by atoms with Crippen LogP contribution >= 0.6 is 0 Å². The van der Waals surface area contributed by atoms with Crippen LogP contribution in [0.15, 0.2) is 23.1 Å². The van der Waals surface area contributed by atoms with E-state index in [2.05, 4.69) is 0 Å². The minimum atomic E-state index is -3.42. The number of rotatable bonds is 2. The molecular formula is C14H21NO3S. The maximum absolute atomic E-state index is 12.7. The van der Waals surface area contributed by atoms with Crippen LogP contribution in [0.5, 0.6) is 0 Å². The summed E-state index contributed by atoms with van der Waals surface area (Å²) in [7, 11) is -3.42. The van der Waals surface area contributed by atoms with Crippen LogP contribution in [-0.2, 0) is 14.8 Å². The van der Waals surface area contributed by atoms with Gasteiger partial charge in [-0.05, 0) is 39.3 Å². The molecule has 1 aliphatic heterocycles. The van der Waals surface area contributed by atoms with Crippen molar-refractivity contribution in [3.8, 4) is 0 Å². The van der Waals surface area contributed by atoms with Crippen molar-refractivity contribution in [2.24, 2.45) is 0 Å². The predicted octanol–water partition coefficient (Wildman–Crippen LogP) is 2.10. The van der Waals surface area contributed by atoms with Gasteiger partial charge in [-0.2, -0.15) is 4.31 Å². The molecule has 1 fully saturated rings. The van der Waals surface area contributed by atoms with Gasteiger partial charge in [-0.15, -0.1) is 0 Å². The van der Waals surface area contributed by atoms with Gasteiger partial charge in [0.15, 0.2) is 0 Å². The fraction of sp³-hybridized carbons (Fsp3) is 0.571. The lowest BCUT2D eigenvalue weighted by molar-refractivity contribution is -0.0440. The van der Waals surface area contributed by atoms with Gasteiger partial charge in [0.05, 0.1) is 17.1 Å². The summed E-state index contributed by atoms with van der Waals surface area (Å²) in [6.45, 7) is 8.44. The predicted molar refractivity (Wildman–Crippen MR) is 74.7 cm³/mol. The Morgan fingerprint density at radius 3 is 2.26 bits per heavy atom. The quantitative estimate of drug-likeness (QED) is 0.835. The number of sulfonamides is 1. The molecule has 2 rings (SSSR count). The summed E-state index contributed by atoms with van der Waals surface area (Å²) in [6.07, 6.45) is -0.131. The minimum Gasteiger partial charge on any atom is -0.373 e. The molecule has 1 aromatic carbocycles. The van der Waals surface area contributed by atoms with Crippen molar-refractivity contribution >= 4 is 10.0 Å². The van der Waals surface area contributed by atoms with E-state index in [1.165, 1.54) is 4.31 Å². The Morgan fingerprint density at radius 2 is 1.74 bits per heavy atom. The van der Waals surface area contributed by atoms with Gasteiger partial charge < -0.3 is 4.74 Å². The van der Waals surface area contributed by atoms with Gasteiger partial charge in [-0.25, -0.2) is 8.42 Å². The summed E-state index contributed by atoms with van der Waals surface area (Å²) < 4.78 is 32.5. The second-order valence-corrected chi connectivity index (χ2v) is 7.25. The SMILES string of the molecule is Cc1ccc(S(=O)(=O)N2C[C@@H](C)O[C@@H](C)C2)c(C)c1. The van der Waals surface area contributed by atoms with Crippen LogP contribution in [0.4, 0.5) is 0 Å². The number of morpholine rings is 1. The summed E-state index contributed by atoms with van der Waals surface area (Å²) in [5, 5.41) is 0. The first-order chi connectivity index (χ1) is 8.80. The minimum absolute atomic E-state index is 0.0655. The number of hydrogen-bond acceptors (Lipinski definition) is 3. The van der Waals surface area contributed by atoms with E-state index < -0.39 is 10.0 Å². The highest BCUT2D eigenvalue weighted by atomic mass is 32.2. The molecule has 1 aliphatic rings. The number of nitrogens with zero attached hydrogens (tertiary/aromatic N) is 1. The van der Waals surface area contributed by atoms with E-state index in [9.17, 15) is 8.42 Å². The molecule has 19 heavy (non-hydrogen) atoms. The molecule has 0 amide bonds. The average Bonchev–Trinajstić information content (AvgIpc) is 2.26. The number of benzene rings is 1. The van der Waals surface area contributed by atoms with Crippen LogP contribution in [0.2, 0.25) is 0 Å². The van der Waals surface area contributed by atoms with Crippen LogP contribution in [0, 0.1) is 13.8 Å². The summed E-state index contributed by atoms with van der Waals surface area (Å²) in [6, 6.07) is 5.44. The van der Waals surface area contributed by atoms with E-state index in [0.29, 0.717) is 18.0 Å². The zero-order valence-corrected chi connectivity index (χ0v) is 12.7. The zero-order chi connectivity index (χ0) is 14.2. The van der Waals surface area contributed by atoms with Gasteiger partial charge in [-0.3, -0.25) is 0 Å². The van der Waals surface area contributed by atoms with Gasteiger partial charge in [0, 0.05) is 13.1 Å².